The lowest BCUT2D eigenvalue weighted by Gasteiger charge is -2.32. The van der Waals surface area contributed by atoms with Gasteiger partial charge in [-0.3, -0.25) is 9.69 Å². The summed E-state index contributed by atoms with van der Waals surface area (Å²) in [6.45, 7) is 0.282. The van der Waals surface area contributed by atoms with E-state index in [1.54, 1.807) is 25.3 Å². The second-order valence-electron chi connectivity index (χ2n) is 8.47. The van der Waals surface area contributed by atoms with Gasteiger partial charge in [-0.2, -0.15) is 5.10 Å². The third-order valence-corrected chi connectivity index (χ3v) is 6.42. The average molecular weight is 424 g/mol. The lowest BCUT2D eigenvalue weighted by atomic mass is 9.94. The summed E-state index contributed by atoms with van der Waals surface area (Å²) in [6.07, 6.45) is 6.41. The zero-order valence-electron chi connectivity index (χ0n) is 18.3. The Labute approximate surface area is 183 Å². The van der Waals surface area contributed by atoms with Gasteiger partial charge in [-0.15, -0.1) is 0 Å². The van der Waals surface area contributed by atoms with Gasteiger partial charge in [0.1, 0.15) is 11.6 Å². The SMILES string of the molecule is COc1cccc(C2=NN(C(=O)CN(C)C3CCCCC3)[C@@H](c3ccccc3F)C2)c1. The number of amides is 1. The van der Waals surface area contributed by atoms with Gasteiger partial charge in [0.25, 0.3) is 5.91 Å². The number of hydrogen-bond donors (Lipinski definition) is 0. The predicted molar refractivity (Wildman–Crippen MR) is 120 cm³/mol. The van der Waals surface area contributed by atoms with E-state index < -0.39 is 6.04 Å². The lowest BCUT2D eigenvalue weighted by molar-refractivity contribution is -0.134. The van der Waals surface area contributed by atoms with Crippen LogP contribution in [0, 0.1) is 5.82 Å². The van der Waals surface area contributed by atoms with Gasteiger partial charge in [0.05, 0.1) is 25.4 Å². The van der Waals surface area contributed by atoms with Crippen LogP contribution in [0.15, 0.2) is 53.6 Å². The first kappa shape index (κ1) is 21.5. The molecule has 1 amide bonds. The van der Waals surface area contributed by atoms with E-state index in [9.17, 15) is 9.18 Å². The Hall–Kier alpha value is -2.73. The van der Waals surface area contributed by atoms with Crippen LogP contribution < -0.4 is 4.74 Å². The van der Waals surface area contributed by atoms with Crippen LogP contribution in [0.1, 0.15) is 55.7 Å². The zero-order valence-corrected chi connectivity index (χ0v) is 18.3. The highest BCUT2D eigenvalue weighted by Crippen LogP contribution is 2.35. The van der Waals surface area contributed by atoms with Crippen molar-refractivity contribution in [2.45, 2.75) is 50.6 Å². The first-order valence-electron chi connectivity index (χ1n) is 11.1. The maximum Gasteiger partial charge on any atom is 0.257 e. The summed E-state index contributed by atoms with van der Waals surface area (Å²) in [5.41, 5.74) is 2.15. The van der Waals surface area contributed by atoms with Crippen LogP contribution in [0.25, 0.3) is 0 Å². The van der Waals surface area contributed by atoms with Crippen LogP contribution in [0.4, 0.5) is 4.39 Å². The van der Waals surface area contributed by atoms with Crippen molar-refractivity contribution < 1.29 is 13.9 Å². The minimum absolute atomic E-state index is 0.0979. The number of hydrogen-bond acceptors (Lipinski definition) is 4. The van der Waals surface area contributed by atoms with Crippen molar-refractivity contribution in [2.75, 3.05) is 20.7 Å². The van der Waals surface area contributed by atoms with E-state index in [2.05, 4.69) is 10.0 Å². The molecule has 0 saturated heterocycles. The van der Waals surface area contributed by atoms with Crippen molar-refractivity contribution in [2.24, 2.45) is 5.10 Å². The maximum atomic E-state index is 14.7. The van der Waals surface area contributed by atoms with Crippen LogP contribution >= 0.6 is 0 Å². The van der Waals surface area contributed by atoms with Crippen molar-refractivity contribution in [3.63, 3.8) is 0 Å². The average Bonchev–Trinajstić information content (AvgIpc) is 3.25. The molecule has 0 spiro atoms. The topological polar surface area (TPSA) is 45.1 Å². The van der Waals surface area contributed by atoms with Gasteiger partial charge in [0, 0.05) is 23.6 Å². The standard InChI is InChI=1S/C25H30FN3O2/c1-28(19-10-4-3-5-11-19)17-25(30)29-24(21-13-6-7-14-22(21)26)16-23(27-29)18-9-8-12-20(15-18)31-2/h6-9,12-15,19,24H,3-5,10-11,16-17H2,1-2H3/t24-/m1/s1. The number of nitrogens with zero attached hydrogens (tertiary/aromatic N) is 3. The Morgan fingerprint density at radius 1 is 1.16 bits per heavy atom. The molecule has 1 saturated carbocycles. The summed E-state index contributed by atoms with van der Waals surface area (Å²) in [5.74, 6) is 0.316. The predicted octanol–water partition coefficient (Wildman–Crippen LogP) is 4.78. The molecule has 0 N–H and O–H groups in total. The van der Waals surface area contributed by atoms with Crippen molar-refractivity contribution in [3.05, 3.63) is 65.5 Å². The Morgan fingerprint density at radius 2 is 1.94 bits per heavy atom. The molecule has 2 aromatic carbocycles. The molecule has 31 heavy (non-hydrogen) atoms. The normalized spacial score (nSPS) is 19.5. The zero-order chi connectivity index (χ0) is 21.8. The molecule has 2 aromatic rings. The fourth-order valence-electron chi connectivity index (χ4n) is 4.64. The molecule has 4 rings (SSSR count). The van der Waals surface area contributed by atoms with Gasteiger partial charge < -0.3 is 4.74 Å². The van der Waals surface area contributed by atoms with Crippen molar-refractivity contribution in [1.82, 2.24) is 9.91 Å². The highest BCUT2D eigenvalue weighted by molar-refractivity contribution is 6.03. The molecule has 1 heterocycles. The van der Waals surface area contributed by atoms with Crippen LogP contribution in [0.5, 0.6) is 5.75 Å². The van der Waals surface area contributed by atoms with Crippen molar-refractivity contribution in [3.8, 4) is 5.75 Å². The van der Waals surface area contributed by atoms with E-state index in [1.807, 2.05) is 31.3 Å². The Kier molecular flexibility index (Phi) is 6.66. The van der Waals surface area contributed by atoms with Crippen LogP contribution in [0.3, 0.4) is 0 Å². The van der Waals surface area contributed by atoms with E-state index in [4.69, 9.17) is 4.74 Å². The molecule has 2 aliphatic rings. The number of halogens is 1. The number of carbonyl (C=O) groups excluding carboxylic acids is 1. The summed E-state index contributed by atoms with van der Waals surface area (Å²) in [7, 11) is 3.63. The summed E-state index contributed by atoms with van der Waals surface area (Å²) in [5, 5.41) is 6.17. The van der Waals surface area contributed by atoms with Gasteiger partial charge in [0.15, 0.2) is 0 Å². The number of likely N-dealkylation sites (N-methyl/N-ethyl adjacent to an activating group) is 1. The Balaban J connectivity index is 1.60. The third kappa shape index (κ3) is 4.79. The minimum atomic E-state index is -0.449. The molecule has 6 heteroatoms. The summed E-state index contributed by atoms with van der Waals surface area (Å²) >= 11 is 0. The molecular weight excluding hydrogens is 393 g/mol. The van der Waals surface area contributed by atoms with Gasteiger partial charge in [-0.05, 0) is 38.1 Å². The molecule has 5 nitrogen and oxygen atoms in total. The molecule has 1 aliphatic heterocycles. The molecule has 1 fully saturated rings. The molecule has 1 aliphatic carbocycles. The molecule has 164 valence electrons. The highest BCUT2D eigenvalue weighted by atomic mass is 19.1. The number of ether oxygens (including phenoxy) is 1. The first-order valence-corrected chi connectivity index (χ1v) is 11.1. The van der Waals surface area contributed by atoms with Crippen LogP contribution in [0.2, 0.25) is 0 Å². The second-order valence-corrected chi connectivity index (χ2v) is 8.47. The number of methoxy groups -OCH3 is 1. The molecule has 0 radical (unpaired) electrons. The molecular formula is C25H30FN3O2. The Morgan fingerprint density at radius 3 is 2.68 bits per heavy atom. The second kappa shape index (κ2) is 9.60. The van der Waals surface area contributed by atoms with E-state index >= 15 is 0 Å². The fraction of sp³-hybridized carbons (Fsp3) is 0.440. The molecule has 0 unspecified atom stereocenters. The molecule has 0 aromatic heterocycles. The van der Waals surface area contributed by atoms with E-state index in [-0.39, 0.29) is 18.3 Å². The minimum Gasteiger partial charge on any atom is -0.497 e. The largest absolute Gasteiger partial charge is 0.497 e. The van der Waals surface area contributed by atoms with Crippen molar-refractivity contribution >= 4 is 11.6 Å². The summed E-state index contributed by atoms with van der Waals surface area (Å²) < 4.78 is 20.0. The van der Waals surface area contributed by atoms with Crippen molar-refractivity contribution in [1.29, 1.82) is 0 Å². The quantitative estimate of drug-likeness (QED) is 0.672. The van der Waals surface area contributed by atoms with Gasteiger partial charge in [-0.25, -0.2) is 9.40 Å². The first-order chi connectivity index (χ1) is 15.1. The molecule has 1 atom stereocenters. The monoisotopic (exact) mass is 423 g/mol. The Bertz CT molecular complexity index is 955. The fourth-order valence-corrected chi connectivity index (χ4v) is 4.64. The third-order valence-electron chi connectivity index (χ3n) is 6.42. The smallest absolute Gasteiger partial charge is 0.257 e. The number of benzene rings is 2. The molecule has 0 bridgehead atoms. The number of rotatable bonds is 6. The summed E-state index contributed by atoms with van der Waals surface area (Å²) in [6, 6.07) is 14.3. The summed E-state index contributed by atoms with van der Waals surface area (Å²) in [4.78, 5) is 15.5. The number of hydrazone groups is 1. The maximum absolute atomic E-state index is 14.7. The lowest BCUT2D eigenvalue weighted by Crippen LogP contribution is -2.42. The highest BCUT2D eigenvalue weighted by Gasteiger charge is 2.35. The van der Waals surface area contributed by atoms with Gasteiger partial charge in [0.2, 0.25) is 0 Å². The van der Waals surface area contributed by atoms with E-state index in [0.29, 0.717) is 18.0 Å². The van der Waals surface area contributed by atoms with Gasteiger partial charge in [-0.1, -0.05) is 49.6 Å². The van der Waals surface area contributed by atoms with Gasteiger partial charge >= 0.3 is 0 Å². The van der Waals surface area contributed by atoms with E-state index in [1.165, 1.54) is 30.3 Å². The van der Waals surface area contributed by atoms with E-state index in [0.717, 1.165) is 29.9 Å². The number of carbonyl (C=O) groups is 1. The van der Waals surface area contributed by atoms with Crippen LogP contribution in [-0.2, 0) is 4.79 Å². The van der Waals surface area contributed by atoms with Crippen LogP contribution in [-0.4, -0.2) is 48.3 Å².